The van der Waals surface area contributed by atoms with Gasteiger partial charge in [-0.3, -0.25) is 4.79 Å². The third kappa shape index (κ3) is 3.74. The van der Waals surface area contributed by atoms with E-state index in [1.54, 1.807) is 0 Å². The van der Waals surface area contributed by atoms with Crippen LogP contribution in [0.15, 0.2) is 0 Å². The molecule has 0 aromatic heterocycles. The van der Waals surface area contributed by atoms with E-state index in [4.69, 9.17) is 0 Å². The molecule has 0 aliphatic heterocycles. The topological polar surface area (TPSA) is 44.4 Å². The maximum Gasteiger partial charge on any atom is 0.234 e. The monoisotopic (exact) mass is 323 g/mol. The number of rotatable bonds is 9. The Balaban J connectivity index is 1.71. The molecule has 4 heteroatoms. The van der Waals surface area contributed by atoms with Crippen LogP contribution >= 0.6 is 0 Å². The van der Waals surface area contributed by atoms with E-state index in [0.717, 1.165) is 38.5 Å². The third-order valence-corrected chi connectivity index (χ3v) is 7.02. The zero-order valence-electron chi connectivity index (χ0n) is 15.9. The third-order valence-electron chi connectivity index (χ3n) is 7.02. The molecule has 2 bridgehead atoms. The van der Waals surface area contributed by atoms with Gasteiger partial charge in [0.1, 0.15) is 0 Å². The summed E-state index contributed by atoms with van der Waals surface area (Å²) in [5, 5.41) is 6.70. The quantitative estimate of drug-likeness (QED) is 0.641. The van der Waals surface area contributed by atoms with Gasteiger partial charge in [-0.05, 0) is 76.0 Å². The van der Waals surface area contributed by atoms with Gasteiger partial charge in [0.05, 0.1) is 6.54 Å². The van der Waals surface area contributed by atoms with Gasteiger partial charge in [0.25, 0.3) is 0 Å². The van der Waals surface area contributed by atoms with Gasteiger partial charge in [0.2, 0.25) is 5.91 Å². The Labute approximate surface area is 142 Å². The van der Waals surface area contributed by atoms with Crippen LogP contribution in [0, 0.1) is 17.3 Å². The number of hydrogen-bond donors (Lipinski definition) is 2. The molecule has 23 heavy (non-hydrogen) atoms. The fourth-order valence-corrected chi connectivity index (χ4v) is 4.88. The Hall–Kier alpha value is -0.610. The van der Waals surface area contributed by atoms with E-state index in [2.05, 4.69) is 50.2 Å². The SMILES string of the molecule is CCN(CC)CCCNCC(=O)N[C@]1(C)[C@H]2CC[C@H](C2)C1(C)C. The van der Waals surface area contributed by atoms with E-state index in [1.807, 2.05) is 0 Å². The molecule has 2 saturated carbocycles. The minimum atomic E-state index is -0.0318. The highest BCUT2D eigenvalue weighted by Crippen LogP contribution is 2.61. The summed E-state index contributed by atoms with van der Waals surface area (Å²) in [6.45, 7) is 16.0. The normalized spacial score (nSPS) is 31.7. The van der Waals surface area contributed by atoms with Gasteiger partial charge in [0.15, 0.2) is 0 Å². The van der Waals surface area contributed by atoms with E-state index < -0.39 is 0 Å². The minimum Gasteiger partial charge on any atom is -0.349 e. The molecule has 0 heterocycles. The van der Waals surface area contributed by atoms with Crippen molar-refractivity contribution in [3.63, 3.8) is 0 Å². The molecule has 134 valence electrons. The molecule has 2 fully saturated rings. The standard InChI is InChI=1S/C19H37N3O/c1-6-22(7-2)12-8-11-20-14-17(23)21-19(5)16-10-9-15(13-16)18(19,3)4/h15-16,20H,6-14H2,1-5H3,(H,21,23)/t15-,16+,19-/m1/s1. The van der Waals surface area contributed by atoms with Crippen molar-refractivity contribution in [2.24, 2.45) is 17.3 Å². The van der Waals surface area contributed by atoms with Crippen LogP contribution in [-0.4, -0.2) is 49.1 Å². The molecule has 0 unspecified atom stereocenters. The Morgan fingerprint density at radius 1 is 1.13 bits per heavy atom. The Morgan fingerprint density at radius 2 is 1.78 bits per heavy atom. The van der Waals surface area contributed by atoms with Crippen LogP contribution < -0.4 is 10.6 Å². The summed E-state index contributed by atoms with van der Waals surface area (Å²) in [4.78, 5) is 14.8. The highest BCUT2D eigenvalue weighted by atomic mass is 16.2. The molecule has 2 N–H and O–H groups in total. The second-order valence-electron chi connectivity index (χ2n) is 8.24. The number of fused-ring (bicyclic) bond motifs is 2. The molecule has 4 nitrogen and oxygen atoms in total. The highest BCUT2D eigenvalue weighted by Gasteiger charge is 2.60. The average molecular weight is 324 g/mol. The van der Waals surface area contributed by atoms with Gasteiger partial charge >= 0.3 is 0 Å². The zero-order chi connectivity index (χ0) is 17.1. The summed E-state index contributed by atoms with van der Waals surface area (Å²) in [6.07, 6.45) is 5.01. The van der Waals surface area contributed by atoms with Gasteiger partial charge < -0.3 is 15.5 Å². The number of nitrogens with zero attached hydrogens (tertiary/aromatic N) is 1. The van der Waals surface area contributed by atoms with Crippen LogP contribution in [0.4, 0.5) is 0 Å². The maximum absolute atomic E-state index is 12.4. The van der Waals surface area contributed by atoms with Gasteiger partial charge in [0, 0.05) is 5.54 Å². The molecular formula is C19H37N3O. The summed E-state index contributed by atoms with van der Waals surface area (Å²) in [7, 11) is 0. The van der Waals surface area contributed by atoms with E-state index in [9.17, 15) is 4.79 Å². The van der Waals surface area contributed by atoms with Crippen molar-refractivity contribution in [1.29, 1.82) is 0 Å². The molecule has 1 amide bonds. The zero-order valence-corrected chi connectivity index (χ0v) is 15.9. The fraction of sp³-hybridized carbons (Fsp3) is 0.947. The molecule has 2 aliphatic rings. The van der Waals surface area contributed by atoms with Gasteiger partial charge in [-0.15, -0.1) is 0 Å². The lowest BCUT2D eigenvalue weighted by molar-refractivity contribution is -0.124. The van der Waals surface area contributed by atoms with Crippen molar-refractivity contribution in [3.8, 4) is 0 Å². The average Bonchev–Trinajstić information content (AvgIpc) is 3.06. The van der Waals surface area contributed by atoms with E-state index >= 15 is 0 Å². The van der Waals surface area contributed by atoms with Crippen LogP contribution in [0.5, 0.6) is 0 Å². The van der Waals surface area contributed by atoms with Crippen molar-refractivity contribution in [3.05, 3.63) is 0 Å². The summed E-state index contributed by atoms with van der Waals surface area (Å²) in [6, 6.07) is 0. The van der Waals surface area contributed by atoms with Gasteiger partial charge in [-0.1, -0.05) is 27.7 Å². The maximum atomic E-state index is 12.4. The van der Waals surface area contributed by atoms with Crippen LogP contribution in [0.1, 0.15) is 60.3 Å². The summed E-state index contributed by atoms with van der Waals surface area (Å²) in [5.41, 5.74) is 0.185. The molecule has 2 aliphatic carbocycles. The number of hydrogen-bond acceptors (Lipinski definition) is 3. The minimum absolute atomic E-state index is 0.0318. The van der Waals surface area contributed by atoms with Crippen molar-refractivity contribution < 1.29 is 4.79 Å². The number of carbonyl (C=O) groups excluding carboxylic acids is 1. The number of carbonyl (C=O) groups is 1. The predicted molar refractivity (Wildman–Crippen MR) is 96.4 cm³/mol. The van der Waals surface area contributed by atoms with Crippen LogP contribution in [0.25, 0.3) is 0 Å². The molecule has 0 aromatic rings. The summed E-state index contributed by atoms with van der Waals surface area (Å²) in [5.74, 6) is 1.60. The molecule has 0 saturated heterocycles. The first-order valence-electron chi connectivity index (χ1n) is 9.59. The first-order valence-corrected chi connectivity index (χ1v) is 9.59. The van der Waals surface area contributed by atoms with E-state index in [1.165, 1.54) is 19.3 Å². The number of amides is 1. The van der Waals surface area contributed by atoms with Gasteiger partial charge in [-0.25, -0.2) is 0 Å². The Morgan fingerprint density at radius 3 is 2.35 bits per heavy atom. The van der Waals surface area contributed by atoms with E-state index in [0.29, 0.717) is 12.5 Å². The second kappa shape index (κ2) is 7.52. The van der Waals surface area contributed by atoms with Crippen molar-refractivity contribution >= 4 is 5.91 Å². The van der Waals surface area contributed by atoms with Crippen LogP contribution in [0.3, 0.4) is 0 Å². The van der Waals surface area contributed by atoms with Crippen LogP contribution in [0.2, 0.25) is 0 Å². The molecule has 0 spiro atoms. The Kier molecular flexibility index (Phi) is 6.12. The fourth-order valence-electron chi connectivity index (χ4n) is 4.88. The highest BCUT2D eigenvalue weighted by molar-refractivity contribution is 5.79. The molecule has 2 rings (SSSR count). The predicted octanol–water partition coefficient (Wildman–Crippen LogP) is 2.64. The summed E-state index contributed by atoms with van der Waals surface area (Å²) >= 11 is 0. The molecule has 0 aromatic carbocycles. The lowest BCUT2D eigenvalue weighted by atomic mass is 9.64. The van der Waals surface area contributed by atoms with Gasteiger partial charge in [-0.2, -0.15) is 0 Å². The van der Waals surface area contributed by atoms with E-state index in [-0.39, 0.29) is 16.9 Å². The first-order chi connectivity index (χ1) is 10.8. The molecular weight excluding hydrogens is 286 g/mol. The first kappa shape index (κ1) is 18.7. The number of nitrogens with one attached hydrogen (secondary N) is 2. The largest absolute Gasteiger partial charge is 0.349 e. The van der Waals surface area contributed by atoms with Crippen molar-refractivity contribution in [2.45, 2.75) is 65.8 Å². The molecule has 0 radical (unpaired) electrons. The molecule has 3 atom stereocenters. The van der Waals surface area contributed by atoms with Crippen molar-refractivity contribution in [1.82, 2.24) is 15.5 Å². The second-order valence-corrected chi connectivity index (χ2v) is 8.24. The van der Waals surface area contributed by atoms with Crippen LogP contribution in [-0.2, 0) is 4.79 Å². The lowest BCUT2D eigenvalue weighted by Gasteiger charge is -2.48. The Bertz CT molecular complexity index is 405. The van der Waals surface area contributed by atoms with Crippen molar-refractivity contribution in [2.75, 3.05) is 32.7 Å². The smallest absolute Gasteiger partial charge is 0.234 e. The lowest BCUT2D eigenvalue weighted by Crippen LogP contribution is -2.60. The summed E-state index contributed by atoms with van der Waals surface area (Å²) < 4.78 is 0.